The summed E-state index contributed by atoms with van der Waals surface area (Å²) in [7, 11) is -4.56. The maximum absolute atomic E-state index is 10.3. The van der Waals surface area contributed by atoms with Gasteiger partial charge in [-0.05, 0) is 6.92 Å². The molecule has 14 heavy (non-hydrogen) atoms. The molecule has 1 saturated heterocycles. The van der Waals surface area contributed by atoms with E-state index in [4.69, 9.17) is 14.5 Å². The molecule has 0 spiro atoms. The second-order valence-electron chi connectivity index (χ2n) is 3.15. The third kappa shape index (κ3) is 2.99. The van der Waals surface area contributed by atoms with Crippen molar-refractivity contribution in [3.63, 3.8) is 0 Å². The van der Waals surface area contributed by atoms with Gasteiger partial charge in [0.2, 0.25) is 0 Å². The summed E-state index contributed by atoms with van der Waals surface area (Å²) in [6, 6.07) is 0. The highest BCUT2D eigenvalue weighted by Crippen LogP contribution is 2.37. The van der Waals surface area contributed by atoms with Crippen molar-refractivity contribution in [2.75, 3.05) is 6.61 Å². The molecular weight excluding hydrogens is 215 g/mol. The fraction of sp³-hybridized carbons (Fsp3) is 1.00. The van der Waals surface area contributed by atoms with E-state index >= 15 is 0 Å². The second kappa shape index (κ2) is 4.24. The third-order valence-corrected chi connectivity index (χ3v) is 2.49. The van der Waals surface area contributed by atoms with Crippen LogP contribution in [0.2, 0.25) is 0 Å². The van der Waals surface area contributed by atoms with Gasteiger partial charge in [-0.3, -0.25) is 4.52 Å². The van der Waals surface area contributed by atoms with Crippen molar-refractivity contribution in [3.8, 4) is 0 Å². The molecule has 4 atom stereocenters. The molecular formula is C6H13O7P. The van der Waals surface area contributed by atoms with Gasteiger partial charge in [-0.25, -0.2) is 4.57 Å². The molecule has 1 heterocycles. The van der Waals surface area contributed by atoms with Gasteiger partial charge in [0.25, 0.3) is 0 Å². The van der Waals surface area contributed by atoms with Crippen molar-refractivity contribution >= 4 is 7.82 Å². The Morgan fingerprint density at radius 2 is 1.93 bits per heavy atom. The number of aliphatic hydroxyl groups is 2. The van der Waals surface area contributed by atoms with E-state index in [2.05, 4.69) is 4.52 Å². The minimum atomic E-state index is -4.56. The van der Waals surface area contributed by atoms with Gasteiger partial charge in [-0.1, -0.05) is 0 Å². The van der Waals surface area contributed by atoms with Crippen LogP contribution in [0.15, 0.2) is 0 Å². The van der Waals surface area contributed by atoms with E-state index in [1.807, 2.05) is 0 Å². The molecule has 1 aliphatic rings. The summed E-state index contributed by atoms with van der Waals surface area (Å²) >= 11 is 0. The molecule has 1 aliphatic heterocycles. The maximum atomic E-state index is 10.3. The smallest absolute Gasteiger partial charge is 0.388 e. The average Bonchev–Trinajstić information content (AvgIpc) is 2.28. The van der Waals surface area contributed by atoms with E-state index in [1.165, 1.54) is 0 Å². The Kier molecular flexibility index (Phi) is 3.65. The molecule has 0 bridgehead atoms. The summed E-state index contributed by atoms with van der Waals surface area (Å²) in [6.45, 7) is 1.10. The fourth-order valence-electron chi connectivity index (χ4n) is 1.24. The van der Waals surface area contributed by atoms with Gasteiger partial charge in [-0.15, -0.1) is 0 Å². The predicted molar refractivity (Wildman–Crippen MR) is 44.3 cm³/mol. The molecule has 1 unspecified atom stereocenters. The highest BCUT2D eigenvalue weighted by atomic mass is 31.2. The molecule has 0 aromatic carbocycles. The van der Waals surface area contributed by atoms with Crippen molar-refractivity contribution in [1.82, 2.24) is 0 Å². The molecule has 84 valence electrons. The molecule has 0 amide bonds. The minimum absolute atomic E-state index is 0.452. The minimum Gasteiger partial charge on any atom is -0.388 e. The monoisotopic (exact) mass is 228 g/mol. The highest BCUT2D eigenvalue weighted by molar-refractivity contribution is 7.46. The van der Waals surface area contributed by atoms with E-state index in [9.17, 15) is 14.8 Å². The summed E-state index contributed by atoms with van der Waals surface area (Å²) in [6.07, 6.45) is -3.72. The van der Waals surface area contributed by atoms with Crippen LogP contribution in [0.25, 0.3) is 0 Å². The van der Waals surface area contributed by atoms with Crippen LogP contribution < -0.4 is 0 Å². The van der Waals surface area contributed by atoms with Gasteiger partial charge in [0.1, 0.15) is 18.3 Å². The van der Waals surface area contributed by atoms with Gasteiger partial charge >= 0.3 is 7.82 Å². The average molecular weight is 228 g/mol. The highest BCUT2D eigenvalue weighted by Gasteiger charge is 2.41. The molecule has 1 fully saturated rings. The van der Waals surface area contributed by atoms with Gasteiger partial charge in [-0.2, -0.15) is 0 Å². The SMILES string of the molecule is CC1O[C@H](COP(=O)(O)O)[C@H](O)[C@@H]1O. The van der Waals surface area contributed by atoms with Crippen LogP contribution >= 0.6 is 7.82 Å². The van der Waals surface area contributed by atoms with Gasteiger partial charge in [0, 0.05) is 0 Å². The van der Waals surface area contributed by atoms with Crippen molar-refractivity contribution in [1.29, 1.82) is 0 Å². The van der Waals surface area contributed by atoms with Crippen LogP contribution in [0.1, 0.15) is 6.92 Å². The first kappa shape index (κ1) is 12.1. The lowest BCUT2D eigenvalue weighted by molar-refractivity contribution is -0.0169. The zero-order valence-corrected chi connectivity index (χ0v) is 8.37. The first-order valence-corrected chi connectivity index (χ1v) is 5.56. The summed E-state index contributed by atoms with van der Waals surface area (Å²) in [5.41, 5.74) is 0. The van der Waals surface area contributed by atoms with E-state index in [-0.39, 0.29) is 0 Å². The fourth-order valence-corrected chi connectivity index (χ4v) is 1.58. The Bertz CT molecular complexity index is 238. The van der Waals surface area contributed by atoms with Gasteiger partial charge < -0.3 is 24.7 Å². The van der Waals surface area contributed by atoms with Crippen molar-refractivity contribution in [2.24, 2.45) is 0 Å². The first-order valence-electron chi connectivity index (χ1n) is 4.03. The van der Waals surface area contributed by atoms with E-state index in [0.29, 0.717) is 0 Å². The number of rotatable bonds is 3. The molecule has 4 N–H and O–H groups in total. The van der Waals surface area contributed by atoms with E-state index in [1.54, 1.807) is 6.92 Å². The lowest BCUT2D eigenvalue weighted by Gasteiger charge is -2.14. The Balaban J connectivity index is 2.44. The molecule has 0 aromatic rings. The zero-order chi connectivity index (χ0) is 10.9. The molecule has 0 aromatic heterocycles. The summed E-state index contributed by atoms with van der Waals surface area (Å²) in [5.74, 6) is 0. The number of hydrogen-bond acceptors (Lipinski definition) is 5. The van der Waals surface area contributed by atoms with Crippen LogP contribution in [-0.2, 0) is 13.8 Å². The Morgan fingerprint density at radius 3 is 2.29 bits per heavy atom. The topological polar surface area (TPSA) is 116 Å². The van der Waals surface area contributed by atoms with Crippen LogP contribution in [0.4, 0.5) is 0 Å². The summed E-state index contributed by atoms with van der Waals surface area (Å²) in [5, 5.41) is 18.6. The summed E-state index contributed by atoms with van der Waals surface area (Å²) in [4.78, 5) is 16.8. The Hall–Kier alpha value is -0.0100. The molecule has 0 aliphatic carbocycles. The lowest BCUT2D eigenvalue weighted by atomic mass is 10.1. The molecule has 7 nitrogen and oxygen atoms in total. The van der Waals surface area contributed by atoms with E-state index in [0.717, 1.165) is 0 Å². The molecule has 1 rings (SSSR count). The molecule has 0 radical (unpaired) electrons. The maximum Gasteiger partial charge on any atom is 0.469 e. The van der Waals surface area contributed by atoms with E-state index < -0.39 is 38.8 Å². The van der Waals surface area contributed by atoms with Crippen molar-refractivity contribution < 1.29 is 33.8 Å². The number of ether oxygens (including phenoxy) is 1. The quantitative estimate of drug-likeness (QED) is 0.439. The second-order valence-corrected chi connectivity index (χ2v) is 4.39. The molecule has 0 saturated carbocycles. The summed E-state index contributed by atoms with van der Waals surface area (Å²) < 4.78 is 19.5. The normalized spacial score (nSPS) is 38.9. The zero-order valence-electron chi connectivity index (χ0n) is 7.48. The Labute approximate surface area is 80.5 Å². The largest absolute Gasteiger partial charge is 0.469 e. The lowest BCUT2D eigenvalue weighted by Crippen LogP contribution is -2.33. The Morgan fingerprint density at radius 1 is 1.36 bits per heavy atom. The number of phosphoric ester groups is 1. The van der Waals surface area contributed by atoms with Crippen LogP contribution in [0.3, 0.4) is 0 Å². The standard InChI is InChI=1S/C6H13O7P/c1-3-5(7)6(8)4(13-3)2-12-14(9,10)11/h3-8H,2H2,1H3,(H2,9,10,11)/t3?,4-,5-,6+/m1/s1. The van der Waals surface area contributed by atoms with Crippen molar-refractivity contribution in [3.05, 3.63) is 0 Å². The van der Waals surface area contributed by atoms with Crippen LogP contribution in [0, 0.1) is 0 Å². The third-order valence-electron chi connectivity index (χ3n) is 2.01. The van der Waals surface area contributed by atoms with Crippen molar-refractivity contribution in [2.45, 2.75) is 31.3 Å². The van der Waals surface area contributed by atoms with Gasteiger partial charge in [0.05, 0.1) is 12.7 Å². The molecule has 8 heteroatoms. The van der Waals surface area contributed by atoms with Gasteiger partial charge in [0.15, 0.2) is 0 Å². The first-order chi connectivity index (χ1) is 6.31. The number of phosphoric acid groups is 1. The van der Waals surface area contributed by atoms with Crippen LogP contribution in [-0.4, -0.2) is 51.0 Å². The predicted octanol–water partition coefficient (Wildman–Crippen LogP) is -1.40. The number of hydrogen-bond donors (Lipinski definition) is 4. The number of aliphatic hydroxyl groups excluding tert-OH is 2. The van der Waals surface area contributed by atoms with Crippen LogP contribution in [0.5, 0.6) is 0 Å².